The van der Waals surface area contributed by atoms with Gasteiger partial charge in [-0.2, -0.15) is 17.2 Å². The fraction of sp³-hybridized carbons (Fsp3) is 0.350. The van der Waals surface area contributed by atoms with Gasteiger partial charge in [-0.05, 0) is 23.3 Å². The molecule has 0 saturated carbocycles. The molecule has 0 aliphatic rings. The Morgan fingerprint density at radius 2 is 1.83 bits per heavy atom. The fourth-order valence-corrected chi connectivity index (χ4v) is 3.30. The van der Waals surface area contributed by atoms with Crippen LogP contribution in [0.2, 0.25) is 0 Å². The summed E-state index contributed by atoms with van der Waals surface area (Å²) in [6, 6.07) is 12.9. The lowest BCUT2D eigenvalue weighted by Gasteiger charge is -2.17. The Morgan fingerprint density at radius 1 is 1.12 bits per heavy atom. The van der Waals surface area contributed by atoms with Crippen LogP contribution in [0.25, 0.3) is 12.2 Å². The molecule has 1 aromatic heterocycles. The molecule has 0 amide bonds. The van der Waals surface area contributed by atoms with E-state index in [-0.39, 0.29) is 0 Å². The Balaban J connectivity index is 2.03. The monoisotopic (exact) mass is 405 g/mol. The van der Waals surface area contributed by atoms with Crippen molar-refractivity contribution < 1.29 is 4.57 Å². The second kappa shape index (κ2) is 9.90. The highest BCUT2D eigenvalue weighted by atomic mass is 79.9. The third kappa shape index (κ3) is 5.67. The fourth-order valence-electron chi connectivity index (χ4n) is 2.44. The molecule has 4 heteroatoms. The first-order valence-electron chi connectivity index (χ1n) is 8.43. The highest BCUT2D eigenvalue weighted by molar-refractivity contribution is 9.10. The zero-order valence-corrected chi connectivity index (χ0v) is 16.9. The minimum atomic E-state index is 0.860. The lowest BCUT2D eigenvalue weighted by molar-refractivity contribution is -0.707. The number of aromatic nitrogens is 1. The predicted octanol–water partition coefficient (Wildman–Crippen LogP) is 5.07. The molecule has 2 nitrogen and oxygen atoms in total. The van der Waals surface area contributed by atoms with E-state index in [9.17, 15) is 0 Å². The Labute approximate surface area is 159 Å². The minimum absolute atomic E-state index is 0.860. The number of hydrogen-bond acceptors (Lipinski definition) is 2. The lowest BCUT2D eigenvalue weighted by Crippen LogP contribution is -2.34. The van der Waals surface area contributed by atoms with Crippen molar-refractivity contribution in [3.05, 3.63) is 58.3 Å². The molecule has 128 valence electrons. The van der Waals surface area contributed by atoms with Crippen molar-refractivity contribution in [3.63, 3.8) is 0 Å². The van der Waals surface area contributed by atoms with E-state index in [1.54, 1.807) is 0 Å². The largest absolute Gasteiger partial charge is 0.374 e. The van der Waals surface area contributed by atoms with Crippen LogP contribution in [0, 0.1) is 0 Å². The maximum atomic E-state index is 4.28. The smallest absolute Gasteiger partial charge is 0.248 e. The molecule has 24 heavy (non-hydrogen) atoms. The van der Waals surface area contributed by atoms with Crippen LogP contribution >= 0.6 is 28.6 Å². The van der Waals surface area contributed by atoms with Gasteiger partial charge in [-0.15, -0.1) is 0 Å². The van der Waals surface area contributed by atoms with Crippen LogP contribution < -0.4 is 9.47 Å². The molecule has 1 aromatic carbocycles. The first-order chi connectivity index (χ1) is 11.6. The molecule has 0 unspecified atom stereocenters. The normalized spacial score (nSPS) is 11.2. The number of halogens is 1. The van der Waals surface area contributed by atoms with Gasteiger partial charge in [-0.3, -0.25) is 0 Å². The summed E-state index contributed by atoms with van der Waals surface area (Å²) in [7, 11) is 2.09. The third-order valence-corrected chi connectivity index (χ3v) is 4.88. The summed E-state index contributed by atoms with van der Waals surface area (Å²) in [5.74, 6) is 0.860. The van der Waals surface area contributed by atoms with Crippen LogP contribution in [0.4, 0.5) is 5.69 Å². The topological polar surface area (TPSA) is 7.12 Å². The van der Waals surface area contributed by atoms with Gasteiger partial charge in [0.2, 0.25) is 4.60 Å². The Morgan fingerprint density at radius 3 is 2.46 bits per heavy atom. The van der Waals surface area contributed by atoms with Crippen molar-refractivity contribution in [3.8, 4) is 0 Å². The van der Waals surface area contributed by atoms with Crippen LogP contribution in [0.1, 0.15) is 30.9 Å². The van der Waals surface area contributed by atoms with E-state index in [4.69, 9.17) is 0 Å². The van der Waals surface area contributed by atoms with E-state index in [0.717, 1.165) is 23.4 Å². The molecule has 0 saturated heterocycles. The van der Waals surface area contributed by atoms with Gasteiger partial charge >= 0.3 is 0 Å². The number of aryl methyl sites for hydroxylation is 1. The maximum Gasteiger partial charge on any atom is 0.248 e. The average Bonchev–Trinajstić information content (AvgIpc) is 2.60. The van der Waals surface area contributed by atoms with Gasteiger partial charge in [-0.1, -0.05) is 37.6 Å². The molecule has 0 bridgehead atoms. The second-order valence-corrected chi connectivity index (χ2v) is 7.16. The minimum Gasteiger partial charge on any atom is -0.374 e. The van der Waals surface area contributed by atoms with Gasteiger partial charge in [-0.25, -0.2) is 0 Å². The van der Waals surface area contributed by atoms with Crippen LogP contribution in [0.5, 0.6) is 0 Å². The predicted molar refractivity (Wildman–Crippen MR) is 112 cm³/mol. The van der Waals surface area contributed by atoms with E-state index < -0.39 is 0 Å². The van der Waals surface area contributed by atoms with Crippen molar-refractivity contribution in [2.24, 2.45) is 0 Å². The van der Waals surface area contributed by atoms with Crippen LogP contribution in [-0.2, 0) is 6.54 Å². The number of hydrogen-bond donors (Lipinski definition) is 1. The van der Waals surface area contributed by atoms with Gasteiger partial charge in [0.25, 0.3) is 0 Å². The summed E-state index contributed by atoms with van der Waals surface area (Å²) < 4.78 is 3.37. The zero-order valence-electron chi connectivity index (χ0n) is 14.5. The van der Waals surface area contributed by atoms with E-state index in [1.165, 1.54) is 29.7 Å². The molecule has 2 aromatic rings. The van der Waals surface area contributed by atoms with E-state index >= 15 is 0 Å². The summed E-state index contributed by atoms with van der Waals surface area (Å²) in [5, 5.41) is 0. The molecule has 0 radical (unpaired) electrons. The summed E-state index contributed by atoms with van der Waals surface area (Å²) in [5.41, 5.74) is 3.63. The Kier molecular flexibility index (Phi) is 7.86. The highest BCUT2D eigenvalue weighted by Crippen LogP contribution is 2.16. The van der Waals surface area contributed by atoms with Crippen LogP contribution in [-0.4, -0.2) is 19.3 Å². The van der Waals surface area contributed by atoms with Crippen molar-refractivity contribution >= 4 is 46.4 Å². The lowest BCUT2D eigenvalue weighted by atomic mass is 10.1. The van der Waals surface area contributed by atoms with Crippen LogP contribution in [0.3, 0.4) is 0 Å². The van der Waals surface area contributed by atoms with E-state index in [0.29, 0.717) is 0 Å². The number of anilines is 1. The van der Waals surface area contributed by atoms with Crippen LogP contribution in [0.15, 0.2) is 47.2 Å². The van der Waals surface area contributed by atoms with Crippen molar-refractivity contribution in [1.82, 2.24) is 0 Å². The number of pyridine rings is 1. The molecule has 0 fully saturated rings. The molecule has 0 aliphatic carbocycles. The second-order valence-electron chi connectivity index (χ2n) is 5.90. The Hall–Kier alpha value is -1.26. The number of rotatable bonds is 8. The van der Waals surface area contributed by atoms with Gasteiger partial charge in [0.05, 0.1) is 0 Å². The first-order valence-corrected chi connectivity index (χ1v) is 9.85. The standard InChI is InChI=1S/C20H25BrN2S/c1-3-4-12-23-13-11-18(16-20(23)21)6-5-17-7-9-19(10-8-17)22(2)14-15-24/h5-11,13,16H,3-4,12,14-15H2,1-2H3/p+1. The molecule has 0 aliphatic heterocycles. The zero-order chi connectivity index (χ0) is 17.4. The summed E-state index contributed by atoms with van der Waals surface area (Å²) in [4.78, 5) is 2.21. The Bertz CT molecular complexity index is 668. The van der Waals surface area contributed by atoms with Crippen molar-refractivity contribution in [2.75, 3.05) is 24.2 Å². The third-order valence-electron chi connectivity index (χ3n) is 4.00. The molecule has 0 spiro atoms. The number of thiol groups is 1. The molecule has 2 rings (SSSR count). The quantitative estimate of drug-likeness (QED) is 0.365. The summed E-state index contributed by atoms with van der Waals surface area (Å²) in [6.45, 7) is 4.23. The van der Waals surface area contributed by atoms with E-state index in [2.05, 4.69) is 107 Å². The van der Waals surface area contributed by atoms with Gasteiger partial charge in [0, 0.05) is 59.5 Å². The van der Waals surface area contributed by atoms with Gasteiger partial charge < -0.3 is 4.90 Å². The van der Waals surface area contributed by atoms with Crippen molar-refractivity contribution in [1.29, 1.82) is 0 Å². The number of unbranched alkanes of at least 4 members (excludes halogenated alkanes) is 1. The molecule has 1 heterocycles. The number of nitrogens with zero attached hydrogens (tertiary/aromatic N) is 2. The molecule has 0 atom stereocenters. The summed E-state index contributed by atoms with van der Waals surface area (Å²) in [6.07, 6.45) is 8.86. The maximum absolute atomic E-state index is 4.28. The van der Waals surface area contributed by atoms with Gasteiger partial charge in [0.1, 0.15) is 6.54 Å². The number of benzene rings is 1. The highest BCUT2D eigenvalue weighted by Gasteiger charge is 2.06. The van der Waals surface area contributed by atoms with E-state index in [1.807, 2.05) is 0 Å². The molecular formula is C20H26BrN2S+. The first kappa shape index (κ1) is 19.1. The SMILES string of the molecule is CCCC[n+]1ccc(/C=C/c2ccc(N(C)CCS)cc2)cc1Br. The average molecular weight is 406 g/mol. The van der Waals surface area contributed by atoms with Gasteiger partial charge in [0.15, 0.2) is 6.20 Å². The molecule has 0 N–H and O–H groups in total. The van der Waals surface area contributed by atoms with Crippen molar-refractivity contribution in [2.45, 2.75) is 26.3 Å². The summed E-state index contributed by atoms with van der Waals surface area (Å²) >= 11 is 7.94. The molecular weight excluding hydrogens is 380 g/mol.